The molecule has 31 heavy (non-hydrogen) atoms. The van der Waals surface area contributed by atoms with Gasteiger partial charge in [0.15, 0.2) is 5.96 Å². The second kappa shape index (κ2) is 13.9. The Kier molecular flexibility index (Phi) is 11.6. The number of guanidine groups is 1. The number of amides is 1. The van der Waals surface area contributed by atoms with Crippen LogP contribution in [0.1, 0.15) is 63.5 Å². The molecule has 1 atom stereocenters. The summed E-state index contributed by atoms with van der Waals surface area (Å²) in [5.74, 6) is 1.15. The highest BCUT2D eigenvalue weighted by Gasteiger charge is 2.20. The Morgan fingerprint density at radius 2 is 2.00 bits per heavy atom. The fourth-order valence-corrected chi connectivity index (χ4v) is 4.41. The van der Waals surface area contributed by atoms with Crippen LogP contribution in [0.25, 0.3) is 0 Å². The lowest BCUT2D eigenvalue weighted by Gasteiger charge is -2.33. The molecular weight excluding hydrogens is 501 g/mol. The third-order valence-corrected chi connectivity index (χ3v) is 6.16. The summed E-state index contributed by atoms with van der Waals surface area (Å²) in [4.78, 5) is 21.2. The summed E-state index contributed by atoms with van der Waals surface area (Å²) in [6.07, 6.45) is 6.86. The number of carbonyl (C=O) groups is 1. The van der Waals surface area contributed by atoms with Crippen LogP contribution >= 0.6 is 24.0 Å². The highest BCUT2D eigenvalue weighted by molar-refractivity contribution is 14.0. The van der Waals surface area contributed by atoms with E-state index in [4.69, 9.17) is 4.99 Å². The minimum Gasteiger partial charge on any atom is -0.357 e. The normalized spacial score (nSPS) is 19.9. The topological polar surface area (TPSA) is 60.0 Å². The van der Waals surface area contributed by atoms with E-state index in [2.05, 4.69) is 53.6 Å². The Hall–Kier alpha value is -1.35. The summed E-state index contributed by atoms with van der Waals surface area (Å²) in [6.45, 7) is 10.9. The first kappa shape index (κ1) is 25.9. The first-order valence-corrected chi connectivity index (χ1v) is 11.8. The molecule has 1 amide bonds. The van der Waals surface area contributed by atoms with Gasteiger partial charge in [0.2, 0.25) is 5.91 Å². The maximum Gasteiger partial charge on any atom is 0.222 e. The Morgan fingerprint density at radius 1 is 1.16 bits per heavy atom. The third kappa shape index (κ3) is 8.60. The van der Waals surface area contributed by atoms with Crippen LogP contribution in [-0.4, -0.2) is 60.4 Å². The minimum absolute atomic E-state index is 0. The standard InChI is InChI=1S/C24H39N5O.HI/c1-3-25-24(26-13-8-16-28-14-5-4-9-20(28)2)27-18-21-10-6-11-22(17-21)19-29-15-7-12-23(29)30;/h6,10-11,17,20H,3-5,7-9,12-16,18-19H2,1-2H3,(H2,25,26,27);1H. The van der Waals surface area contributed by atoms with Crippen LogP contribution in [0.5, 0.6) is 0 Å². The molecule has 2 fully saturated rings. The summed E-state index contributed by atoms with van der Waals surface area (Å²) in [7, 11) is 0. The molecule has 1 aromatic carbocycles. The average Bonchev–Trinajstić information content (AvgIpc) is 3.15. The fourth-order valence-electron chi connectivity index (χ4n) is 4.41. The predicted molar refractivity (Wildman–Crippen MR) is 139 cm³/mol. The van der Waals surface area contributed by atoms with Gasteiger partial charge in [-0.25, -0.2) is 4.99 Å². The monoisotopic (exact) mass is 541 g/mol. The SMILES string of the molecule is CCNC(=NCc1cccc(CN2CCCC2=O)c1)NCCCN1CCCCC1C.I. The molecule has 1 unspecified atom stereocenters. The molecule has 2 aliphatic rings. The summed E-state index contributed by atoms with van der Waals surface area (Å²) in [5, 5.41) is 6.84. The maximum atomic E-state index is 11.9. The van der Waals surface area contributed by atoms with Gasteiger partial charge in [-0.2, -0.15) is 0 Å². The zero-order valence-corrected chi connectivity index (χ0v) is 21.6. The van der Waals surface area contributed by atoms with E-state index in [1.807, 2.05) is 4.90 Å². The Morgan fingerprint density at radius 3 is 2.74 bits per heavy atom. The quantitative estimate of drug-likeness (QED) is 0.217. The number of hydrogen-bond donors (Lipinski definition) is 2. The van der Waals surface area contributed by atoms with Crippen LogP contribution in [0.2, 0.25) is 0 Å². The molecule has 2 N–H and O–H groups in total. The van der Waals surface area contributed by atoms with Crippen molar-refractivity contribution in [2.45, 2.75) is 71.5 Å². The molecule has 2 saturated heterocycles. The van der Waals surface area contributed by atoms with E-state index in [1.165, 1.54) is 36.9 Å². The second-order valence-electron chi connectivity index (χ2n) is 8.60. The van der Waals surface area contributed by atoms with E-state index >= 15 is 0 Å². The van der Waals surface area contributed by atoms with Crippen LogP contribution in [0.4, 0.5) is 0 Å². The smallest absolute Gasteiger partial charge is 0.222 e. The van der Waals surface area contributed by atoms with Gasteiger partial charge < -0.3 is 20.4 Å². The zero-order chi connectivity index (χ0) is 21.2. The number of hydrogen-bond acceptors (Lipinski definition) is 3. The van der Waals surface area contributed by atoms with Gasteiger partial charge in [-0.1, -0.05) is 30.7 Å². The molecular formula is C24H40IN5O. The molecule has 3 rings (SSSR count). The third-order valence-electron chi connectivity index (χ3n) is 6.16. The first-order chi connectivity index (χ1) is 14.7. The molecule has 2 heterocycles. The van der Waals surface area contributed by atoms with E-state index in [0.29, 0.717) is 19.5 Å². The highest BCUT2D eigenvalue weighted by atomic mass is 127. The van der Waals surface area contributed by atoms with Crippen molar-refractivity contribution in [3.63, 3.8) is 0 Å². The average molecular weight is 542 g/mol. The Balaban J connectivity index is 0.00000341. The molecule has 1 aromatic rings. The number of piperidine rings is 1. The lowest BCUT2D eigenvalue weighted by Crippen LogP contribution is -2.41. The maximum absolute atomic E-state index is 11.9. The van der Waals surface area contributed by atoms with Crippen molar-refractivity contribution in [1.82, 2.24) is 20.4 Å². The number of nitrogens with one attached hydrogen (secondary N) is 2. The largest absolute Gasteiger partial charge is 0.357 e. The number of rotatable bonds is 9. The van der Waals surface area contributed by atoms with Crippen LogP contribution in [0.3, 0.4) is 0 Å². The summed E-state index contributed by atoms with van der Waals surface area (Å²) in [6, 6.07) is 9.19. The van der Waals surface area contributed by atoms with Gasteiger partial charge in [-0.15, -0.1) is 24.0 Å². The van der Waals surface area contributed by atoms with E-state index in [-0.39, 0.29) is 29.9 Å². The number of likely N-dealkylation sites (tertiary alicyclic amines) is 2. The molecule has 2 aliphatic heterocycles. The number of nitrogens with zero attached hydrogens (tertiary/aromatic N) is 3. The molecule has 0 aliphatic carbocycles. The van der Waals surface area contributed by atoms with Crippen molar-refractivity contribution >= 4 is 35.8 Å². The van der Waals surface area contributed by atoms with Gasteiger partial charge in [0.05, 0.1) is 6.54 Å². The van der Waals surface area contributed by atoms with Gasteiger partial charge in [0.25, 0.3) is 0 Å². The molecule has 0 saturated carbocycles. The number of halogens is 1. The van der Waals surface area contributed by atoms with E-state index in [0.717, 1.165) is 51.0 Å². The molecule has 0 bridgehead atoms. The van der Waals surface area contributed by atoms with Crippen LogP contribution in [0.15, 0.2) is 29.3 Å². The van der Waals surface area contributed by atoms with Crippen molar-refractivity contribution in [2.75, 3.05) is 32.7 Å². The van der Waals surface area contributed by atoms with E-state index < -0.39 is 0 Å². The van der Waals surface area contributed by atoms with Gasteiger partial charge in [-0.05, 0) is 57.2 Å². The summed E-state index contributed by atoms with van der Waals surface area (Å²) < 4.78 is 0. The van der Waals surface area contributed by atoms with E-state index in [9.17, 15) is 4.79 Å². The molecule has 0 radical (unpaired) electrons. The molecule has 0 aromatic heterocycles. The molecule has 0 spiro atoms. The van der Waals surface area contributed by atoms with Crippen molar-refractivity contribution in [1.29, 1.82) is 0 Å². The Labute approximate surface area is 205 Å². The van der Waals surface area contributed by atoms with Crippen molar-refractivity contribution in [3.8, 4) is 0 Å². The summed E-state index contributed by atoms with van der Waals surface area (Å²) in [5.41, 5.74) is 2.37. The number of benzene rings is 1. The van der Waals surface area contributed by atoms with E-state index in [1.54, 1.807) is 0 Å². The zero-order valence-electron chi connectivity index (χ0n) is 19.2. The number of aliphatic imine (C=N–C) groups is 1. The molecule has 7 heteroatoms. The minimum atomic E-state index is 0. The van der Waals surface area contributed by atoms with Crippen LogP contribution in [-0.2, 0) is 17.9 Å². The summed E-state index contributed by atoms with van der Waals surface area (Å²) >= 11 is 0. The van der Waals surface area contributed by atoms with Crippen LogP contribution in [0, 0.1) is 0 Å². The second-order valence-corrected chi connectivity index (χ2v) is 8.60. The molecule has 6 nitrogen and oxygen atoms in total. The lowest BCUT2D eigenvalue weighted by molar-refractivity contribution is -0.128. The fraction of sp³-hybridized carbons (Fsp3) is 0.667. The van der Waals surface area contributed by atoms with Gasteiger partial charge in [0.1, 0.15) is 0 Å². The van der Waals surface area contributed by atoms with Gasteiger partial charge in [-0.3, -0.25) is 4.79 Å². The molecule has 174 valence electrons. The van der Waals surface area contributed by atoms with Crippen LogP contribution < -0.4 is 10.6 Å². The Bertz CT molecular complexity index is 711. The first-order valence-electron chi connectivity index (χ1n) is 11.8. The number of carbonyl (C=O) groups excluding carboxylic acids is 1. The van der Waals surface area contributed by atoms with Crippen molar-refractivity contribution < 1.29 is 4.79 Å². The van der Waals surface area contributed by atoms with Crippen molar-refractivity contribution in [3.05, 3.63) is 35.4 Å². The lowest BCUT2D eigenvalue weighted by atomic mass is 10.0. The van der Waals surface area contributed by atoms with Crippen molar-refractivity contribution in [2.24, 2.45) is 4.99 Å². The predicted octanol–water partition coefficient (Wildman–Crippen LogP) is 3.75. The van der Waals surface area contributed by atoms with Gasteiger partial charge in [0, 0.05) is 45.2 Å². The highest BCUT2D eigenvalue weighted by Crippen LogP contribution is 2.17. The van der Waals surface area contributed by atoms with Gasteiger partial charge >= 0.3 is 0 Å².